The molecule has 1 aromatic carbocycles. The number of nitrogens with one attached hydrogen (secondary N) is 1. The SMILES string of the molecule is Cn1ccc(-c2nc(N)c(NC(=O)c3cccnc3)nc2-c2cc(Cl)c3ncccc3c2)n1. The van der Waals surface area contributed by atoms with Gasteiger partial charge in [0.15, 0.2) is 11.6 Å². The third-order valence-electron chi connectivity index (χ3n) is 4.97. The van der Waals surface area contributed by atoms with Crippen LogP contribution in [0.1, 0.15) is 10.4 Å². The maximum atomic E-state index is 12.7. The van der Waals surface area contributed by atoms with Gasteiger partial charge in [0.05, 0.1) is 16.1 Å². The van der Waals surface area contributed by atoms with E-state index in [0.29, 0.717) is 38.7 Å². The van der Waals surface area contributed by atoms with Crippen LogP contribution in [0.3, 0.4) is 0 Å². The van der Waals surface area contributed by atoms with Crippen molar-refractivity contribution >= 4 is 40.0 Å². The minimum absolute atomic E-state index is 0.0604. The number of amides is 1. The van der Waals surface area contributed by atoms with Crippen molar-refractivity contribution in [1.29, 1.82) is 0 Å². The lowest BCUT2D eigenvalue weighted by atomic mass is 10.0. The van der Waals surface area contributed by atoms with Crippen molar-refractivity contribution < 1.29 is 4.79 Å². The third-order valence-corrected chi connectivity index (χ3v) is 5.25. The molecule has 10 heteroatoms. The quantitative estimate of drug-likeness (QED) is 0.419. The van der Waals surface area contributed by atoms with Gasteiger partial charge in [-0.3, -0.25) is 19.4 Å². The fourth-order valence-corrected chi connectivity index (χ4v) is 3.70. The van der Waals surface area contributed by atoms with Gasteiger partial charge in [-0.05, 0) is 36.4 Å². The van der Waals surface area contributed by atoms with Gasteiger partial charge < -0.3 is 11.1 Å². The van der Waals surface area contributed by atoms with Gasteiger partial charge in [-0.25, -0.2) is 9.97 Å². The number of nitrogen functional groups attached to an aromatic ring is 1. The maximum absolute atomic E-state index is 12.7. The fraction of sp³-hybridized carbons (Fsp3) is 0.0435. The number of nitrogens with zero attached hydrogens (tertiary/aromatic N) is 6. The van der Waals surface area contributed by atoms with E-state index in [1.807, 2.05) is 24.3 Å². The van der Waals surface area contributed by atoms with Crippen molar-refractivity contribution in [1.82, 2.24) is 29.7 Å². The summed E-state index contributed by atoms with van der Waals surface area (Å²) in [6, 6.07) is 12.5. The molecule has 3 N–H and O–H groups in total. The Kier molecular flexibility index (Phi) is 5.15. The normalized spacial score (nSPS) is 11.0. The average Bonchev–Trinajstić information content (AvgIpc) is 3.26. The molecule has 5 aromatic rings. The molecule has 4 heterocycles. The number of hydrogen-bond donors (Lipinski definition) is 2. The number of carbonyl (C=O) groups is 1. The largest absolute Gasteiger partial charge is 0.381 e. The van der Waals surface area contributed by atoms with E-state index in [2.05, 4.69) is 30.4 Å². The number of halogens is 1. The van der Waals surface area contributed by atoms with E-state index >= 15 is 0 Å². The number of aryl methyl sites for hydroxylation is 1. The lowest BCUT2D eigenvalue weighted by Crippen LogP contribution is -2.16. The van der Waals surface area contributed by atoms with E-state index in [1.54, 1.807) is 48.5 Å². The van der Waals surface area contributed by atoms with Crippen molar-refractivity contribution in [2.45, 2.75) is 0 Å². The number of benzene rings is 1. The topological polar surface area (TPSA) is 124 Å². The second-order valence-electron chi connectivity index (χ2n) is 7.26. The summed E-state index contributed by atoms with van der Waals surface area (Å²) in [5.41, 5.74) is 9.43. The van der Waals surface area contributed by atoms with E-state index in [-0.39, 0.29) is 11.6 Å². The van der Waals surface area contributed by atoms with Crippen molar-refractivity contribution in [3.63, 3.8) is 0 Å². The molecule has 162 valence electrons. The van der Waals surface area contributed by atoms with Gasteiger partial charge in [0.25, 0.3) is 5.91 Å². The molecule has 0 fully saturated rings. The summed E-state index contributed by atoms with van der Waals surface area (Å²) in [6.07, 6.45) is 6.52. The van der Waals surface area contributed by atoms with Gasteiger partial charge in [0, 0.05) is 42.8 Å². The van der Waals surface area contributed by atoms with E-state index in [0.717, 1.165) is 5.39 Å². The van der Waals surface area contributed by atoms with Crippen molar-refractivity contribution in [3.8, 4) is 22.6 Å². The molecule has 0 aliphatic rings. The molecule has 0 saturated heterocycles. The first kappa shape index (κ1) is 20.5. The average molecular weight is 457 g/mol. The minimum atomic E-state index is -0.402. The summed E-state index contributed by atoms with van der Waals surface area (Å²) in [5.74, 6) is -0.215. The summed E-state index contributed by atoms with van der Waals surface area (Å²) in [4.78, 5) is 30.2. The molecule has 9 nitrogen and oxygen atoms in total. The molecule has 0 unspecified atom stereocenters. The van der Waals surface area contributed by atoms with Gasteiger partial charge >= 0.3 is 0 Å². The molecule has 0 saturated carbocycles. The van der Waals surface area contributed by atoms with E-state index in [1.165, 1.54) is 6.20 Å². The van der Waals surface area contributed by atoms with Crippen LogP contribution in [0.4, 0.5) is 11.6 Å². The molecule has 33 heavy (non-hydrogen) atoms. The second-order valence-corrected chi connectivity index (χ2v) is 7.67. The van der Waals surface area contributed by atoms with Crippen molar-refractivity contribution in [2.75, 3.05) is 11.1 Å². The highest BCUT2D eigenvalue weighted by Gasteiger charge is 2.20. The van der Waals surface area contributed by atoms with Crippen molar-refractivity contribution in [2.24, 2.45) is 7.05 Å². The minimum Gasteiger partial charge on any atom is -0.381 e. The van der Waals surface area contributed by atoms with Gasteiger partial charge in [-0.2, -0.15) is 5.10 Å². The molecule has 5 rings (SSSR count). The molecule has 0 bridgehead atoms. The Morgan fingerprint density at radius 1 is 1.09 bits per heavy atom. The van der Waals surface area contributed by atoms with Crippen LogP contribution < -0.4 is 11.1 Å². The van der Waals surface area contributed by atoms with Gasteiger partial charge in [-0.15, -0.1) is 0 Å². The standard InChI is InChI=1S/C23H17ClN8O/c1-32-9-6-17(31-32)20-19(15-10-13-4-3-8-27-18(13)16(24)11-15)29-22(21(25)28-20)30-23(33)14-5-2-7-26-12-14/h2-12H,1H3,(H2,25,28)(H,29,30,33). The lowest BCUT2D eigenvalue weighted by Gasteiger charge is -2.13. The van der Waals surface area contributed by atoms with Gasteiger partial charge in [0.2, 0.25) is 0 Å². The van der Waals surface area contributed by atoms with Crippen LogP contribution in [0, 0.1) is 0 Å². The van der Waals surface area contributed by atoms with E-state index in [4.69, 9.17) is 17.3 Å². The molecular formula is C23H17ClN8O. The predicted octanol–water partition coefficient (Wildman–Crippen LogP) is 3.98. The van der Waals surface area contributed by atoms with Crippen LogP contribution in [0.2, 0.25) is 5.02 Å². The smallest absolute Gasteiger partial charge is 0.258 e. The third kappa shape index (κ3) is 3.97. The number of aromatic nitrogens is 6. The zero-order chi connectivity index (χ0) is 22.9. The number of pyridine rings is 2. The summed E-state index contributed by atoms with van der Waals surface area (Å²) in [6.45, 7) is 0. The number of carbonyl (C=O) groups excluding carboxylic acids is 1. The molecule has 1 amide bonds. The summed E-state index contributed by atoms with van der Waals surface area (Å²) >= 11 is 6.52. The summed E-state index contributed by atoms with van der Waals surface area (Å²) < 4.78 is 1.66. The number of nitrogens with two attached hydrogens (primary N) is 1. The summed E-state index contributed by atoms with van der Waals surface area (Å²) in [7, 11) is 1.81. The van der Waals surface area contributed by atoms with Crippen LogP contribution in [0.15, 0.2) is 67.3 Å². The number of rotatable bonds is 4. The Hall–Kier alpha value is -4.37. The molecule has 0 spiro atoms. The van der Waals surface area contributed by atoms with Crippen LogP contribution in [-0.2, 0) is 7.05 Å². The summed E-state index contributed by atoms with van der Waals surface area (Å²) in [5, 5.41) is 8.48. The highest BCUT2D eigenvalue weighted by molar-refractivity contribution is 6.35. The van der Waals surface area contributed by atoms with Crippen LogP contribution in [0.25, 0.3) is 33.5 Å². The zero-order valence-electron chi connectivity index (χ0n) is 17.4. The number of hydrogen-bond acceptors (Lipinski definition) is 7. The van der Waals surface area contributed by atoms with E-state index in [9.17, 15) is 4.79 Å². The Morgan fingerprint density at radius 2 is 1.94 bits per heavy atom. The zero-order valence-corrected chi connectivity index (χ0v) is 18.2. The van der Waals surface area contributed by atoms with E-state index < -0.39 is 5.91 Å². The van der Waals surface area contributed by atoms with Crippen LogP contribution in [0.5, 0.6) is 0 Å². The number of fused-ring (bicyclic) bond motifs is 1. The molecule has 0 aliphatic heterocycles. The predicted molar refractivity (Wildman–Crippen MR) is 127 cm³/mol. The molecular weight excluding hydrogens is 440 g/mol. The first-order valence-corrected chi connectivity index (χ1v) is 10.3. The Balaban J connectivity index is 1.67. The molecule has 4 aromatic heterocycles. The number of anilines is 2. The highest BCUT2D eigenvalue weighted by Crippen LogP contribution is 2.35. The van der Waals surface area contributed by atoms with Crippen molar-refractivity contribution in [3.05, 3.63) is 77.8 Å². The van der Waals surface area contributed by atoms with Gasteiger partial charge in [-0.1, -0.05) is 17.7 Å². The first-order chi connectivity index (χ1) is 16.0. The lowest BCUT2D eigenvalue weighted by molar-refractivity contribution is 0.102. The van der Waals surface area contributed by atoms with Crippen LogP contribution in [-0.4, -0.2) is 35.6 Å². The van der Waals surface area contributed by atoms with Crippen LogP contribution >= 0.6 is 11.6 Å². The molecule has 0 aliphatic carbocycles. The Labute approximate surface area is 193 Å². The monoisotopic (exact) mass is 456 g/mol. The molecule has 0 radical (unpaired) electrons. The highest BCUT2D eigenvalue weighted by atomic mass is 35.5. The van der Waals surface area contributed by atoms with Gasteiger partial charge in [0.1, 0.15) is 17.1 Å². The first-order valence-electron chi connectivity index (χ1n) is 9.93. The molecule has 0 atom stereocenters. The second kappa shape index (κ2) is 8.29. The Bertz CT molecular complexity index is 1500. The fourth-order valence-electron chi connectivity index (χ4n) is 3.42. The maximum Gasteiger partial charge on any atom is 0.258 e. The Morgan fingerprint density at radius 3 is 2.70 bits per heavy atom.